The first kappa shape index (κ1) is 12.6. The molecule has 96 valence electrons. The molecule has 0 saturated carbocycles. The minimum absolute atomic E-state index is 0.261. The number of nitrogens with one attached hydrogen (secondary N) is 2. The van der Waals surface area contributed by atoms with Gasteiger partial charge < -0.3 is 5.32 Å². The summed E-state index contributed by atoms with van der Waals surface area (Å²) < 4.78 is 26.5. The number of aromatic amines is 1. The Balaban J connectivity index is 1.91. The van der Waals surface area contributed by atoms with Crippen molar-refractivity contribution < 1.29 is 8.78 Å². The molecule has 0 aliphatic heterocycles. The Morgan fingerprint density at radius 1 is 1.39 bits per heavy atom. The van der Waals surface area contributed by atoms with Crippen LogP contribution in [0.3, 0.4) is 0 Å². The molecule has 1 atom stereocenters. The molecule has 4 nitrogen and oxygen atoms in total. The van der Waals surface area contributed by atoms with E-state index in [0.29, 0.717) is 18.5 Å². The second-order valence-electron chi connectivity index (χ2n) is 4.02. The third kappa shape index (κ3) is 3.10. The summed E-state index contributed by atoms with van der Waals surface area (Å²) in [6, 6.07) is 3.20. The maximum atomic E-state index is 13.5. The number of hydrogen-bond acceptors (Lipinski definition) is 3. The summed E-state index contributed by atoms with van der Waals surface area (Å²) in [5.41, 5.74) is 0.326. The molecular weight excluding hydrogens is 238 g/mol. The molecule has 18 heavy (non-hydrogen) atoms. The second-order valence-corrected chi connectivity index (χ2v) is 4.02. The van der Waals surface area contributed by atoms with Gasteiger partial charge >= 0.3 is 0 Å². The van der Waals surface area contributed by atoms with E-state index in [-0.39, 0.29) is 6.04 Å². The lowest BCUT2D eigenvalue weighted by molar-refractivity contribution is 0.518. The molecule has 0 aliphatic carbocycles. The lowest BCUT2D eigenvalue weighted by atomic mass is 10.1. The van der Waals surface area contributed by atoms with Crippen molar-refractivity contribution in [3.63, 3.8) is 0 Å². The Hall–Kier alpha value is -1.82. The highest BCUT2D eigenvalue weighted by molar-refractivity contribution is 5.21. The van der Waals surface area contributed by atoms with Gasteiger partial charge in [-0.2, -0.15) is 5.10 Å². The highest BCUT2D eigenvalue weighted by Gasteiger charge is 2.11. The molecule has 1 aromatic carbocycles. The van der Waals surface area contributed by atoms with Crippen LogP contribution in [0.15, 0.2) is 24.5 Å². The van der Waals surface area contributed by atoms with Crippen LogP contribution in [0, 0.1) is 11.6 Å². The normalized spacial score (nSPS) is 12.6. The van der Waals surface area contributed by atoms with Gasteiger partial charge in [-0.1, -0.05) is 0 Å². The van der Waals surface area contributed by atoms with Gasteiger partial charge in [0.05, 0.1) is 0 Å². The van der Waals surface area contributed by atoms with Crippen LogP contribution in [0.2, 0.25) is 0 Å². The predicted molar refractivity (Wildman–Crippen MR) is 62.9 cm³/mol. The van der Waals surface area contributed by atoms with Gasteiger partial charge in [-0.15, -0.1) is 0 Å². The quantitative estimate of drug-likeness (QED) is 0.855. The number of nitrogens with zero attached hydrogens (tertiary/aromatic N) is 2. The molecule has 1 unspecified atom stereocenters. The van der Waals surface area contributed by atoms with E-state index in [1.54, 1.807) is 6.92 Å². The van der Waals surface area contributed by atoms with Crippen molar-refractivity contribution in [3.8, 4) is 0 Å². The molecule has 0 radical (unpaired) electrons. The van der Waals surface area contributed by atoms with Crippen LogP contribution in [0.5, 0.6) is 0 Å². The molecule has 0 aliphatic rings. The van der Waals surface area contributed by atoms with E-state index in [1.807, 2.05) is 0 Å². The molecule has 0 amide bonds. The van der Waals surface area contributed by atoms with Gasteiger partial charge in [0, 0.05) is 24.6 Å². The van der Waals surface area contributed by atoms with E-state index >= 15 is 0 Å². The fraction of sp³-hybridized carbons (Fsp3) is 0.333. The van der Waals surface area contributed by atoms with Gasteiger partial charge in [-0.25, -0.2) is 13.8 Å². The number of hydrogen-bond donors (Lipinski definition) is 2. The Morgan fingerprint density at radius 3 is 2.94 bits per heavy atom. The van der Waals surface area contributed by atoms with Crippen molar-refractivity contribution in [3.05, 3.63) is 47.5 Å². The third-order valence-corrected chi connectivity index (χ3v) is 2.70. The maximum absolute atomic E-state index is 13.5. The van der Waals surface area contributed by atoms with Crippen LogP contribution < -0.4 is 5.32 Å². The zero-order valence-electron chi connectivity index (χ0n) is 9.95. The van der Waals surface area contributed by atoms with Crippen LogP contribution in [-0.2, 0) is 6.42 Å². The highest BCUT2D eigenvalue weighted by Crippen LogP contribution is 2.17. The zero-order valence-corrected chi connectivity index (χ0v) is 9.95. The van der Waals surface area contributed by atoms with Gasteiger partial charge in [0.1, 0.15) is 23.8 Å². The van der Waals surface area contributed by atoms with Gasteiger partial charge in [-0.3, -0.25) is 5.10 Å². The van der Waals surface area contributed by atoms with Crippen LogP contribution >= 0.6 is 0 Å². The van der Waals surface area contributed by atoms with Crippen LogP contribution in [0.4, 0.5) is 8.78 Å². The number of H-pyrrole nitrogens is 1. The molecule has 0 saturated heterocycles. The van der Waals surface area contributed by atoms with Crippen molar-refractivity contribution >= 4 is 0 Å². The summed E-state index contributed by atoms with van der Waals surface area (Å²) in [7, 11) is 0. The average molecular weight is 252 g/mol. The standard InChI is InChI=1S/C12H14F2N4/c1-8(10-6-9(13)2-3-11(10)14)15-5-4-12-16-7-17-18-12/h2-3,6-8,15H,4-5H2,1H3,(H,16,17,18). The lowest BCUT2D eigenvalue weighted by Crippen LogP contribution is -2.22. The maximum Gasteiger partial charge on any atom is 0.137 e. The first-order valence-electron chi connectivity index (χ1n) is 5.69. The van der Waals surface area contributed by atoms with Gasteiger partial charge in [-0.05, 0) is 25.1 Å². The van der Waals surface area contributed by atoms with E-state index in [4.69, 9.17) is 0 Å². The molecule has 1 heterocycles. The molecule has 6 heteroatoms. The zero-order chi connectivity index (χ0) is 13.0. The Kier molecular flexibility index (Phi) is 3.99. The van der Waals surface area contributed by atoms with E-state index in [2.05, 4.69) is 20.5 Å². The molecular formula is C12H14F2N4. The number of rotatable bonds is 5. The minimum atomic E-state index is -0.435. The number of halogens is 2. The summed E-state index contributed by atoms with van der Waals surface area (Å²) in [6.45, 7) is 2.39. The first-order valence-corrected chi connectivity index (χ1v) is 5.69. The SMILES string of the molecule is CC(NCCc1ncn[nH]1)c1cc(F)ccc1F. The van der Waals surface area contributed by atoms with Gasteiger partial charge in [0.25, 0.3) is 0 Å². The average Bonchev–Trinajstić information content (AvgIpc) is 2.85. The molecule has 2 rings (SSSR count). The van der Waals surface area contributed by atoms with E-state index < -0.39 is 11.6 Å². The third-order valence-electron chi connectivity index (χ3n) is 2.70. The van der Waals surface area contributed by atoms with Gasteiger partial charge in [0.2, 0.25) is 0 Å². The molecule has 0 bridgehead atoms. The highest BCUT2D eigenvalue weighted by atomic mass is 19.1. The fourth-order valence-electron chi connectivity index (χ4n) is 1.71. The van der Waals surface area contributed by atoms with Crippen LogP contribution in [-0.4, -0.2) is 21.7 Å². The van der Waals surface area contributed by atoms with Crippen molar-refractivity contribution in [2.24, 2.45) is 0 Å². The molecule has 2 aromatic rings. The van der Waals surface area contributed by atoms with E-state index in [0.717, 1.165) is 18.0 Å². The van der Waals surface area contributed by atoms with Crippen molar-refractivity contribution in [1.82, 2.24) is 20.5 Å². The largest absolute Gasteiger partial charge is 0.310 e. The van der Waals surface area contributed by atoms with Crippen LogP contribution in [0.25, 0.3) is 0 Å². The van der Waals surface area contributed by atoms with E-state index in [1.165, 1.54) is 12.4 Å². The summed E-state index contributed by atoms with van der Waals surface area (Å²) in [5, 5.41) is 9.58. The Labute approximate surface area is 103 Å². The number of benzene rings is 1. The van der Waals surface area contributed by atoms with E-state index in [9.17, 15) is 8.78 Å². The first-order chi connectivity index (χ1) is 8.66. The topological polar surface area (TPSA) is 53.6 Å². The minimum Gasteiger partial charge on any atom is -0.310 e. The predicted octanol–water partition coefficient (Wildman–Crippen LogP) is 1.98. The van der Waals surface area contributed by atoms with Crippen molar-refractivity contribution in [2.75, 3.05) is 6.54 Å². The fourth-order valence-corrected chi connectivity index (χ4v) is 1.71. The van der Waals surface area contributed by atoms with Crippen molar-refractivity contribution in [1.29, 1.82) is 0 Å². The smallest absolute Gasteiger partial charge is 0.137 e. The molecule has 0 fully saturated rings. The summed E-state index contributed by atoms with van der Waals surface area (Å²) in [6.07, 6.45) is 2.09. The summed E-state index contributed by atoms with van der Waals surface area (Å²) >= 11 is 0. The Morgan fingerprint density at radius 2 is 2.22 bits per heavy atom. The molecule has 0 spiro atoms. The number of aromatic nitrogens is 3. The second kappa shape index (κ2) is 5.68. The summed E-state index contributed by atoms with van der Waals surface area (Å²) in [4.78, 5) is 3.98. The molecule has 1 aromatic heterocycles. The molecule has 2 N–H and O–H groups in total. The van der Waals surface area contributed by atoms with Crippen LogP contribution in [0.1, 0.15) is 24.4 Å². The Bertz CT molecular complexity index is 499. The summed E-state index contributed by atoms with van der Waals surface area (Å²) in [5.74, 6) is -0.0826. The monoisotopic (exact) mass is 252 g/mol. The van der Waals surface area contributed by atoms with Gasteiger partial charge in [0.15, 0.2) is 0 Å². The lowest BCUT2D eigenvalue weighted by Gasteiger charge is -2.14. The van der Waals surface area contributed by atoms with Crippen molar-refractivity contribution in [2.45, 2.75) is 19.4 Å².